The normalized spacial score (nSPS) is 18.1. The lowest BCUT2D eigenvalue weighted by atomic mass is 10.1. The molecule has 5 N–H and O–H groups in total. The van der Waals surface area contributed by atoms with Crippen LogP contribution in [0.1, 0.15) is 5.56 Å². The van der Waals surface area contributed by atoms with Crippen LogP contribution >= 0.6 is 0 Å². The van der Waals surface area contributed by atoms with Crippen LogP contribution in [0.15, 0.2) is 21.7 Å². The fraction of sp³-hybridized carbons (Fsp3) is 0.524. The van der Waals surface area contributed by atoms with Gasteiger partial charge in [0, 0.05) is 31.9 Å². The minimum Gasteiger partial charge on any atom is -0.394 e. The molecule has 1 aromatic carbocycles. The van der Waals surface area contributed by atoms with Crippen molar-refractivity contribution in [2.45, 2.75) is 31.8 Å². The zero-order valence-corrected chi connectivity index (χ0v) is 18.5. The first kappa shape index (κ1) is 23.3. The SMILES string of the molecule is Cc1cc2nc3c(=O)[nH]c(=O)nc-3n(CC(O)C(O)C(O)CO)c2cc1N1CCN(C)CC1. The number of H-pyrrole nitrogens is 1. The van der Waals surface area contributed by atoms with Crippen molar-refractivity contribution in [3.05, 3.63) is 38.5 Å². The second-order valence-electron chi connectivity index (χ2n) is 8.49. The van der Waals surface area contributed by atoms with Gasteiger partial charge in [-0.3, -0.25) is 9.78 Å². The first-order chi connectivity index (χ1) is 15.7. The lowest BCUT2D eigenvalue weighted by molar-refractivity contribution is -0.0802. The number of aryl methyl sites for hydroxylation is 1. The van der Waals surface area contributed by atoms with Gasteiger partial charge in [0.2, 0.25) is 0 Å². The van der Waals surface area contributed by atoms with E-state index in [0.717, 1.165) is 37.4 Å². The summed E-state index contributed by atoms with van der Waals surface area (Å²) in [6, 6.07) is 3.70. The van der Waals surface area contributed by atoms with E-state index in [0.29, 0.717) is 11.0 Å². The third kappa shape index (κ3) is 4.48. The molecule has 3 atom stereocenters. The Hall–Kier alpha value is -2.90. The van der Waals surface area contributed by atoms with Gasteiger partial charge in [0.25, 0.3) is 5.56 Å². The Morgan fingerprint density at radius 3 is 2.42 bits per heavy atom. The van der Waals surface area contributed by atoms with Gasteiger partial charge in [0.1, 0.15) is 18.3 Å². The van der Waals surface area contributed by atoms with Crippen molar-refractivity contribution in [1.29, 1.82) is 0 Å². The van der Waals surface area contributed by atoms with Gasteiger partial charge < -0.3 is 34.8 Å². The van der Waals surface area contributed by atoms with Crippen LogP contribution in [0.25, 0.3) is 22.6 Å². The molecule has 4 rings (SSSR count). The number of aromatic nitrogens is 4. The average Bonchev–Trinajstić information content (AvgIpc) is 2.78. The van der Waals surface area contributed by atoms with E-state index in [-0.39, 0.29) is 18.1 Å². The van der Waals surface area contributed by atoms with Crippen molar-refractivity contribution >= 4 is 16.7 Å². The molecule has 12 heteroatoms. The van der Waals surface area contributed by atoms with Crippen molar-refractivity contribution in [2.24, 2.45) is 0 Å². The van der Waals surface area contributed by atoms with Gasteiger partial charge in [-0.1, -0.05) is 0 Å². The van der Waals surface area contributed by atoms with Crippen LogP contribution in [-0.4, -0.2) is 103 Å². The third-order valence-corrected chi connectivity index (χ3v) is 6.12. The Bertz CT molecular complexity index is 1230. The minimum absolute atomic E-state index is 0.0471. The highest BCUT2D eigenvalue weighted by Crippen LogP contribution is 2.30. The smallest absolute Gasteiger partial charge is 0.349 e. The van der Waals surface area contributed by atoms with Gasteiger partial charge in [0.05, 0.1) is 24.2 Å². The number of hydrogen-bond acceptors (Lipinski definition) is 10. The number of fused-ring (bicyclic) bond motifs is 2. The highest BCUT2D eigenvalue weighted by molar-refractivity contribution is 5.84. The molecular formula is C21H28N6O6. The maximum atomic E-state index is 12.4. The summed E-state index contributed by atoms with van der Waals surface area (Å²) in [6.45, 7) is 4.34. The van der Waals surface area contributed by atoms with Crippen LogP contribution in [0.3, 0.4) is 0 Å². The fourth-order valence-electron chi connectivity index (χ4n) is 4.17. The van der Waals surface area contributed by atoms with Gasteiger partial charge in [-0.05, 0) is 31.7 Å². The number of nitrogens with one attached hydrogen (secondary N) is 1. The van der Waals surface area contributed by atoms with Crippen LogP contribution < -0.4 is 16.1 Å². The lowest BCUT2D eigenvalue weighted by Crippen LogP contribution is -2.44. The standard InChI is InChI=1S/C21H28N6O6/c1-11-7-12-14(8-13(11)26-5-3-25(2)4-6-26)27(9-15(29)18(31)16(30)10-28)19-17(22-12)20(32)24-21(33)23-19/h7-8,15-16,18,28-31H,3-6,9-10H2,1-2H3,(H,24,32,33). The fourth-order valence-corrected chi connectivity index (χ4v) is 4.17. The van der Waals surface area contributed by atoms with Crippen LogP contribution in [0.4, 0.5) is 5.69 Å². The number of likely N-dealkylation sites (N-methyl/N-ethyl adjacent to an activating group) is 1. The Labute approximate surface area is 188 Å². The second kappa shape index (κ2) is 9.15. The molecule has 0 saturated carbocycles. The van der Waals surface area contributed by atoms with E-state index in [1.165, 1.54) is 4.57 Å². The number of piperazine rings is 1. The summed E-state index contributed by atoms with van der Waals surface area (Å²) in [5.74, 6) is -0.0471. The molecule has 0 aromatic heterocycles. The van der Waals surface area contributed by atoms with E-state index in [2.05, 4.69) is 31.8 Å². The first-order valence-corrected chi connectivity index (χ1v) is 10.7. The zero-order valence-electron chi connectivity index (χ0n) is 18.5. The summed E-state index contributed by atoms with van der Waals surface area (Å²) in [7, 11) is 2.06. The molecule has 33 heavy (non-hydrogen) atoms. The molecule has 0 aliphatic carbocycles. The number of rotatable bonds is 6. The second-order valence-corrected chi connectivity index (χ2v) is 8.49. The van der Waals surface area contributed by atoms with Gasteiger partial charge in [0.15, 0.2) is 11.5 Å². The molecule has 178 valence electrons. The van der Waals surface area contributed by atoms with Crippen molar-refractivity contribution < 1.29 is 20.4 Å². The minimum atomic E-state index is -1.66. The molecule has 1 aromatic rings. The largest absolute Gasteiger partial charge is 0.394 e. The molecule has 12 nitrogen and oxygen atoms in total. The number of aliphatic hydroxyl groups is 4. The highest BCUT2D eigenvalue weighted by atomic mass is 16.4. The molecule has 0 bridgehead atoms. The molecular weight excluding hydrogens is 432 g/mol. The van der Waals surface area contributed by atoms with Crippen LogP contribution in [-0.2, 0) is 6.54 Å². The number of aliphatic hydroxyl groups excluding tert-OH is 4. The number of hydrogen-bond donors (Lipinski definition) is 5. The summed E-state index contributed by atoms with van der Waals surface area (Å²) in [5, 5.41) is 39.6. The molecule has 3 aliphatic heterocycles. The maximum absolute atomic E-state index is 12.4. The number of benzene rings is 1. The van der Waals surface area contributed by atoms with Crippen molar-refractivity contribution in [1.82, 2.24) is 24.4 Å². The molecule has 0 spiro atoms. The highest BCUT2D eigenvalue weighted by Gasteiger charge is 2.28. The maximum Gasteiger partial charge on any atom is 0.349 e. The Balaban J connectivity index is 1.91. The van der Waals surface area contributed by atoms with Crippen LogP contribution in [0, 0.1) is 6.92 Å². The Morgan fingerprint density at radius 2 is 1.76 bits per heavy atom. The molecule has 3 aliphatic rings. The predicted molar refractivity (Wildman–Crippen MR) is 121 cm³/mol. The molecule has 0 radical (unpaired) electrons. The Morgan fingerprint density at radius 1 is 1.06 bits per heavy atom. The van der Waals surface area contributed by atoms with Gasteiger partial charge in [-0.25, -0.2) is 9.78 Å². The molecule has 3 heterocycles. The third-order valence-electron chi connectivity index (χ3n) is 6.12. The summed E-state index contributed by atoms with van der Waals surface area (Å²) >= 11 is 0. The lowest BCUT2D eigenvalue weighted by Gasteiger charge is -2.35. The van der Waals surface area contributed by atoms with E-state index in [9.17, 15) is 24.9 Å². The molecule has 0 amide bonds. The molecule has 3 unspecified atom stereocenters. The first-order valence-electron chi connectivity index (χ1n) is 10.7. The monoisotopic (exact) mass is 460 g/mol. The zero-order chi connectivity index (χ0) is 23.9. The summed E-state index contributed by atoms with van der Waals surface area (Å²) < 4.78 is 1.45. The van der Waals surface area contributed by atoms with Gasteiger partial charge >= 0.3 is 5.69 Å². The average molecular weight is 460 g/mol. The quantitative estimate of drug-likeness (QED) is 0.253. The van der Waals surface area contributed by atoms with E-state index >= 15 is 0 Å². The summed E-state index contributed by atoms with van der Waals surface area (Å²) in [4.78, 5) is 39.3. The van der Waals surface area contributed by atoms with E-state index in [1.807, 2.05) is 19.1 Å². The van der Waals surface area contributed by atoms with E-state index in [4.69, 9.17) is 5.11 Å². The number of nitrogens with zero attached hydrogens (tertiary/aromatic N) is 5. The van der Waals surface area contributed by atoms with Crippen LogP contribution in [0.5, 0.6) is 0 Å². The van der Waals surface area contributed by atoms with E-state index in [1.54, 1.807) is 0 Å². The Kier molecular flexibility index (Phi) is 6.45. The van der Waals surface area contributed by atoms with Crippen LogP contribution in [0.2, 0.25) is 0 Å². The molecule has 1 saturated heterocycles. The van der Waals surface area contributed by atoms with Crippen molar-refractivity contribution in [3.8, 4) is 11.5 Å². The van der Waals surface area contributed by atoms with Crippen molar-refractivity contribution in [3.63, 3.8) is 0 Å². The van der Waals surface area contributed by atoms with E-state index < -0.39 is 36.2 Å². The topological polar surface area (TPSA) is 168 Å². The van der Waals surface area contributed by atoms with Gasteiger partial charge in [-0.2, -0.15) is 4.98 Å². The summed E-state index contributed by atoms with van der Waals surface area (Å²) in [5.41, 5.74) is 1.19. The number of anilines is 1. The van der Waals surface area contributed by atoms with Crippen molar-refractivity contribution in [2.75, 3.05) is 44.7 Å². The molecule has 1 fully saturated rings. The summed E-state index contributed by atoms with van der Waals surface area (Å²) in [6.07, 6.45) is -4.73. The van der Waals surface area contributed by atoms with Gasteiger partial charge in [-0.15, -0.1) is 0 Å². The number of aromatic amines is 1. The predicted octanol–water partition coefficient (Wildman–Crippen LogP) is -2.28.